The summed E-state index contributed by atoms with van der Waals surface area (Å²) in [5, 5.41) is 7.86. The van der Waals surface area contributed by atoms with Gasteiger partial charge in [-0.05, 0) is 19.8 Å². The number of hydrogen-bond acceptors (Lipinski definition) is 5. The Hall–Kier alpha value is -0.520. The van der Waals surface area contributed by atoms with Crippen molar-refractivity contribution in [3.8, 4) is 0 Å². The van der Waals surface area contributed by atoms with Gasteiger partial charge in [-0.2, -0.15) is 16.9 Å². The predicted molar refractivity (Wildman–Crippen MR) is 135 cm³/mol. The molecule has 1 aliphatic carbocycles. The summed E-state index contributed by atoms with van der Waals surface area (Å²) < 4.78 is 7.89. The van der Waals surface area contributed by atoms with E-state index in [2.05, 4.69) is 45.1 Å². The summed E-state index contributed by atoms with van der Waals surface area (Å²) in [6.45, 7) is 8.83. The van der Waals surface area contributed by atoms with E-state index in [0.29, 0.717) is 0 Å². The molecule has 3 heterocycles. The maximum absolute atomic E-state index is 6.04. The van der Waals surface area contributed by atoms with Crippen LogP contribution in [0.15, 0.2) is 17.4 Å². The van der Waals surface area contributed by atoms with Crippen molar-refractivity contribution in [1.29, 1.82) is 0 Å². The Bertz CT molecular complexity index is 687. The third-order valence-corrected chi connectivity index (χ3v) is 7.48. The van der Waals surface area contributed by atoms with Crippen LogP contribution in [0.5, 0.6) is 0 Å². The van der Waals surface area contributed by atoms with Crippen LogP contribution in [0.1, 0.15) is 44.3 Å². The van der Waals surface area contributed by atoms with Gasteiger partial charge in [0.05, 0.1) is 25.9 Å². The van der Waals surface area contributed by atoms with E-state index < -0.39 is 0 Å². The molecule has 0 radical (unpaired) electrons. The van der Waals surface area contributed by atoms with Gasteiger partial charge in [-0.1, -0.05) is 12.8 Å². The average Bonchev–Trinajstić information content (AvgIpc) is 3.42. The van der Waals surface area contributed by atoms with Gasteiger partial charge >= 0.3 is 0 Å². The number of aromatic nitrogens is 2. The fourth-order valence-corrected chi connectivity index (χ4v) is 5.85. The second-order valence-electron chi connectivity index (χ2n) is 8.45. The molecule has 2 aliphatic heterocycles. The van der Waals surface area contributed by atoms with E-state index >= 15 is 0 Å². The summed E-state index contributed by atoms with van der Waals surface area (Å²) in [6, 6.07) is 0. The fraction of sp³-hybridized carbons (Fsp3) is 0.810. The molecule has 1 aromatic heterocycles. The summed E-state index contributed by atoms with van der Waals surface area (Å²) in [5.41, 5.74) is 1.42. The Kier molecular flexibility index (Phi) is 9.15. The van der Waals surface area contributed by atoms with Gasteiger partial charge in [0.15, 0.2) is 5.96 Å². The molecule has 0 spiro atoms. The van der Waals surface area contributed by atoms with Crippen molar-refractivity contribution in [3.05, 3.63) is 18.0 Å². The summed E-state index contributed by atoms with van der Waals surface area (Å²) in [4.78, 5) is 10.3. The molecule has 3 aliphatic rings. The van der Waals surface area contributed by atoms with Crippen LogP contribution in [-0.4, -0.2) is 88.5 Å². The van der Waals surface area contributed by atoms with E-state index in [1.165, 1.54) is 50.3 Å². The van der Waals surface area contributed by atoms with Gasteiger partial charge in [0.25, 0.3) is 0 Å². The summed E-state index contributed by atoms with van der Waals surface area (Å²) in [6.07, 6.45) is 9.30. The number of nitrogens with one attached hydrogen (secondary N) is 1. The number of morpholine rings is 1. The highest BCUT2D eigenvalue weighted by atomic mass is 127. The zero-order chi connectivity index (χ0) is 20.1. The lowest BCUT2D eigenvalue weighted by Crippen LogP contribution is -2.54. The van der Waals surface area contributed by atoms with Crippen LogP contribution in [0.3, 0.4) is 0 Å². The minimum atomic E-state index is 0. The first kappa shape index (κ1) is 24.1. The molecule has 170 valence electrons. The number of halogens is 1. The van der Waals surface area contributed by atoms with Crippen molar-refractivity contribution >= 4 is 41.7 Å². The van der Waals surface area contributed by atoms with Gasteiger partial charge < -0.3 is 15.0 Å². The van der Waals surface area contributed by atoms with Crippen molar-refractivity contribution in [3.63, 3.8) is 0 Å². The number of ether oxygens (including phenoxy) is 1. The molecule has 0 bridgehead atoms. The third-order valence-electron chi connectivity index (χ3n) is 6.54. The highest BCUT2D eigenvalue weighted by Gasteiger charge is 2.40. The van der Waals surface area contributed by atoms with Crippen LogP contribution in [-0.2, 0) is 11.8 Å². The molecule has 3 fully saturated rings. The largest absolute Gasteiger partial charge is 0.370 e. The maximum atomic E-state index is 6.04. The van der Waals surface area contributed by atoms with Crippen LogP contribution in [0.4, 0.5) is 0 Å². The molecule has 1 N–H and O–H groups in total. The second kappa shape index (κ2) is 11.4. The Morgan fingerprint density at radius 2 is 2.07 bits per heavy atom. The van der Waals surface area contributed by atoms with E-state index in [1.807, 2.05) is 17.9 Å². The first-order valence-corrected chi connectivity index (χ1v) is 12.3. The van der Waals surface area contributed by atoms with Crippen molar-refractivity contribution in [1.82, 2.24) is 24.9 Å². The molecular weight excluding hydrogens is 511 g/mol. The van der Waals surface area contributed by atoms with E-state index in [9.17, 15) is 0 Å². The van der Waals surface area contributed by atoms with E-state index in [-0.39, 0.29) is 35.6 Å². The Balaban J connectivity index is 0.00000256. The van der Waals surface area contributed by atoms with Crippen molar-refractivity contribution in [2.24, 2.45) is 12.0 Å². The lowest BCUT2D eigenvalue weighted by Gasteiger charge is -2.43. The molecule has 1 atom stereocenters. The van der Waals surface area contributed by atoms with Gasteiger partial charge in [0.2, 0.25) is 0 Å². The molecule has 0 aromatic carbocycles. The summed E-state index contributed by atoms with van der Waals surface area (Å²) in [7, 11) is 1.95. The molecule has 1 saturated carbocycles. The monoisotopic (exact) mass is 548 g/mol. The summed E-state index contributed by atoms with van der Waals surface area (Å²) in [5.74, 6) is 3.58. The zero-order valence-corrected chi connectivity index (χ0v) is 21.5. The molecule has 1 unspecified atom stereocenters. The smallest absolute Gasteiger partial charge is 0.194 e. The van der Waals surface area contributed by atoms with Crippen LogP contribution < -0.4 is 5.32 Å². The molecule has 7 nitrogen and oxygen atoms in total. The first-order valence-electron chi connectivity index (χ1n) is 11.2. The number of rotatable bonds is 5. The average molecular weight is 549 g/mol. The second-order valence-corrected chi connectivity index (χ2v) is 9.68. The minimum Gasteiger partial charge on any atom is -0.370 e. The fourth-order valence-electron chi connectivity index (χ4n) is 4.94. The van der Waals surface area contributed by atoms with Gasteiger partial charge in [-0.25, -0.2) is 0 Å². The van der Waals surface area contributed by atoms with Crippen molar-refractivity contribution in [2.75, 3.05) is 57.4 Å². The van der Waals surface area contributed by atoms with Crippen molar-refractivity contribution in [2.45, 2.75) is 44.2 Å². The topological polar surface area (TPSA) is 57.9 Å². The highest BCUT2D eigenvalue weighted by molar-refractivity contribution is 14.0. The van der Waals surface area contributed by atoms with Crippen LogP contribution >= 0.6 is 35.7 Å². The number of nitrogens with zero attached hydrogens (tertiary/aromatic N) is 5. The van der Waals surface area contributed by atoms with Gasteiger partial charge in [-0.15, -0.1) is 24.0 Å². The minimum absolute atomic E-state index is 0. The number of aliphatic imine (C=N–C) groups is 1. The maximum Gasteiger partial charge on any atom is 0.194 e. The van der Waals surface area contributed by atoms with E-state index in [4.69, 9.17) is 9.73 Å². The molecular formula is C21H37IN6OS. The van der Waals surface area contributed by atoms with E-state index in [1.54, 1.807) is 0 Å². The summed E-state index contributed by atoms with van der Waals surface area (Å²) >= 11 is 2.09. The molecule has 4 rings (SSSR count). The number of guanidine groups is 1. The normalized spacial score (nSPS) is 25.2. The van der Waals surface area contributed by atoms with Crippen LogP contribution in [0.2, 0.25) is 0 Å². The molecule has 9 heteroatoms. The Morgan fingerprint density at radius 3 is 2.73 bits per heavy atom. The molecule has 2 saturated heterocycles. The van der Waals surface area contributed by atoms with Gasteiger partial charge in [0, 0.05) is 62.0 Å². The SMILES string of the molecule is CCNC(=NCC1(N2CCSCC2)CCCC1)N1CCOC(c2cnn(C)c2)C1.I. The molecule has 1 aromatic rings. The molecule has 30 heavy (non-hydrogen) atoms. The Morgan fingerprint density at radius 1 is 1.30 bits per heavy atom. The quantitative estimate of drug-likeness (QED) is 0.347. The number of aryl methyl sites for hydroxylation is 1. The van der Waals surface area contributed by atoms with Crippen LogP contribution in [0.25, 0.3) is 0 Å². The highest BCUT2D eigenvalue weighted by Crippen LogP contribution is 2.37. The lowest BCUT2D eigenvalue weighted by atomic mass is 9.95. The van der Waals surface area contributed by atoms with Crippen molar-refractivity contribution < 1.29 is 4.74 Å². The number of thioether (sulfide) groups is 1. The molecule has 0 amide bonds. The zero-order valence-electron chi connectivity index (χ0n) is 18.4. The van der Waals surface area contributed by atoms with Gasteiger partial charge in [0.1, 0.15) is 6.10 Å². The standard InChI is InChI=1S/C21H36N6OS.HI/c1-3-22-20(26-8-11-28-19(16-26)18-14-24-25(2)15-18)23-17-21(6-4-5-7-21)27-9-12-29-13-10-27;/h14-15,19H,3-13,16-17H2,1-2H3,(H,22,23);1H. The Labute approximate surface area is 202 Å². The third kappa shape index (κ3) is 5.63. The van der Waals surface area contributed by atoms with Gasteiger partial charge in [-0.3, -0.25) is 14.6 Å². The number of hydrogen-bond donors (Lipinski definition) is 1. The lowest BCUT2D eigenvalue weighted by molar-refractivity contribution is -0.00817. The van der Waals surface area contributed by atoms with Crippen LogP contribution in [0, 0.1) is 0 Å². The van der Waals surface area contributed by atoms with E-state index in [0.717, 1.165) is 44.3 Å². The first-order chi connectivity index (χ1) is 14.2. The predicted octanol–water partition coefficient (Wildman–Crippen LogP) is 2.74.